The minimum Gasteiger partial charge on any atom is -0.481 e. The van der Waals surface area contributed by atoms with Crippen LogP contribution in [0.15, 0.2) is 28.7 Å². The topological polar surface area (TPSA) is 76.2 Å². The van der Waals surface area contributed by atoms with Crippen molar-refractivity contribution in [3.05, 3.63) is 35.7 Å². The molecule has 1 heterocycles. The molecule has 0 fully saturated rings. The van der Waals surface area contributed by atoms with Gasteiger partial charge in [0.15, 0.2) is 0 Å². The number of aliphatic carboxylic acids is 1. The maximum atomic E-state index is 10.5. The van der Waals surface area contributed by atoms with Gasteiger partial charge in [-0.1, -0.05) is 25.5 Å². The summed E-state index contributed by atoms with van der Waals surface area (Å²) in [6.07, 6.45) is 1.89. The van der Waals surface area contributed by atoms with Crippen LogP contribution in [-0.4, -0.2) is 21.3 Å². The molecule has 0 unspecified atom stereocenters. The van der Waals surface area contributed by atoms with Gasteiger partial charge in [-0.25, -0.2) is 0 Å². The third-order valence-electron chi connectivity index (χ3n) is 2.51. The molecule has 94 valence electrons. The molecule has 0 radical (unpaired) electrons. The summed E-state index contributed by atoms with van der Waals surface area (Å²) in [7, 11) is 0. The van der Waals surface area contributed by atoms with E-state index in [9.17, 15) is 4.79 Å². The first kappa shape index (κ1) is 12.3. The van der Waals surface area contributed by atoms with Crippen molar-refractivity contribution >= 4 is 5.97 Å². The summed E-state index contributed by atoms with van der Waals surface area (Å²) >= 11 is 0. The molecule has 5 nitrogen and oxygen atoms in total. The predicted molar refractivity (Wildman–Crippen MR) is 65.1 cm³/mol. The zero-order valence-electron chi connectivity index (χ0n) is 10.1. The third-order valence-corrected chi connectivity index (χ3v) is 2.51. The zero-order valence-corrected chi connectivity index (χ0v) is 10.1. The van der Waals surface area contributed by atoms with Crippen molar-refractivity contribution in [1.29, 1.82) is 0 Å². The Bertz CT molecular complexity index is 531. The molecule has 0 aliphatic rings. The summed E-state index contributed by atoms with van der Waals surface area (Å²) in [5, 5.41) is 16.1. The third kappa shape index (κ3) is 2.94. The van der Waals surface area contributed by atoms with Gasteiger partial charge in [0.1, 0.15) is 6.42 Å². The van der Waals surface area contributed by atoms with E-state index in [2.05, 4.69) is 17.1 Å². The second-order valence-corrected chi connectivity index (χ2v) is 4.02. The van der Waals surface area contributed by atoms with Crippen LogP contribution in [0.25, 0.3) is 11.5 Å². The van der Waals surface area contributed by atoms with Gasteiger partial charge in [-0.3, -0.25) is 4.79 Å². The quantitative estimate of drug-likeness (QED) is 0.876. The summed E-state index contributed by atoms with van der Waals surface area (Å²) < 4.78 is 5.28. The lowest BCUT2D eigenvalue weighted by Crippen LogP contribution is -1.99. The monoisotopic (exact) mass is 246 g/mol. The average Bonchev–Trinajstić information content (AvgIpc) is 2.78. The number of aryl methyl sites for hydroxylation is 1. The number of carbonyl (C=O) groups is 1. The number of aromatic nitrogens is 2. The molecule has 1 N–H and O–H groups in total. The van der Waals surface area contributed by atoms with Crippen LogP contribution >= 0.6 is 0 Å². The number of hydrogen-bond acceptors (Lipinski definition) is 4. The molecule has 0 aliphatic heterocycles. The van der Waals surface area contributed by atoms with Crippen LogP contribution in [0.3, 0.4) is 0 Å². The minimum atomic E-state index is -0.983. The van der Waals surface area contributed by atoms with Crippen LogP contribution in [0.4, 0.5) is 0 Å². The fourth-order valence-electron chi connectivity index (χ4n) is 1.67. The summed E-state index contributed by atoms with van der Waals surface area (Å²) in [5.41, 5.74) is 2.06. The molecule has 18 heavy (non-hydrogen) atoms. The van der Waals surface area contributed by atoms with Gasteiger partial charge in [-0.15, -0.1) is 10.2 Å². The summed E-state index contributed by atoms with van der Waals surface area (Å²) in [6.45, 7) is 2.13. The fourth-order valence-corrected chi connectivity index (χ4v) is 1.67. The Labute approximate surface area is 104 Å². The first-order valence-corrected chi connectivity index (χ1v) is 5.82. The van der Waals surface area contributed by atoms with Gasteiger partial charge in [-0.05, 0) is 24.1 Å². The zero-order chi connectivity index (χ0) is 13.0. The van der Waals surface area contributed by atoms with Crippen LogP contribution in [0.5, 0.6) is 0 Å². The second kappa shape index (κ2) is 5.44. The largest absolute Gasteiger partial charge is 0.481 e. The fraction of sp³-hybridized carbons (Fsp3) is 0.308. The lowest BCUT2D eigenvalue weighted by Gasteiger charge is -1.99. The molecular weight excluding hydrogens is 232 g/mol. The number of carboxylic acids is 1. The number of benzene rings is 1. The van der Waals surface area contributed by atoms with Gasteiger partial charge in [0.25, 0.3) is 0 Å². The van der Waals surface area contributed by atoms with Crippen LogP contribution in [-0.2, 0) is 17.6 Å². The van der Waals surface area contributed by atoms with Gasteiger partial charge < -0.3 is 9.52 Å². The lowest BCUT2D eigenvalue weighted by molar-refractivity contribution is -0.136. The maximum Gasteiger partial charge on any atom is 0.312 e. The summed E-state index contributed by atoms with van der Waals surface area (Å²) in [4.78, 5) is 10.5. The van der Waals surface area contributed by atoms with Crippen LogP contribution in [0.2, 0.25) is 0 Å². The van der Waals surface area contributed by atoms with Gasteiger partial charge in [-0.2, -0.15) is 0 Å². The Kier molecular flexibility index (Phi) is 3.72. The van der Waals surface area contributed by atoms with Crippen LogP contribution in [0, 0.1) is 0 Å². The van der Waals surface area contributed by atoms with Gasteiger partial charge in [0.05, 0.1) is 0 Å². The highest BCUT2D eigenvalue weighted by molar-refractivity contribution is 5.68. The molecule has 0 atom stereocenters. The molecular formula is C13H14N2O3. The van der Waals surface area contributed by atoms with E-state index in [1.54, 1.807) is 0 Å². The summed E-state index contributed by atoms with van der Waals surface area (Å²) in [5.74, 6) is -0.507. The normalized spacial score (nSPS) is 10.5. The van der Waals surface area contributed by atoms with E-state index in [1.807, 2.05) is 24.3 Å². The van der Waals surface area contributed by atoms with Crippen molar-refractivity contribution in [1.82, 2.24) is 10.2 Å². The average molecular weight is 246 g/mol. The van der Waals surface area contributed by atoms with Crippen LogP contribution < -0.4 is 0 Å². The van der Waals surface area contributed by atoms with E-state index in [0.717, 1.165) is 18.4 Å². The Morgan fingerprint density at radius 1 is 1.28 bits per heavy atom. The highest BCUT2D eigenvalue weighted by Gasteiger charge is 2.11. The lowest BCUT2D eigenvalue weighted by atomic mass is 10.1. The second-order valence-electron chi connectivity index (χ2n) is 4.02. The molecule has 2 aromatic rings. The molecule has 2 rings (SSSR count). The number of hydrogen-bond donors (Lipinski definition) is 1. The number of nitrogens with zero attached hydrogens (tertiary/aromatic N) is 2. The van der Waals surface area contributed by atoms with E-state index in [0.29, 0.717) is 5.89 Å². The Balaban J connectivity index is 2.15. The minimum absolute atomic E-state index is 0.120. The highest BCUT2D eigenvalue weighted by Crippen LogP contribution is 2.19. The van der Waals surface area contributed by atoms with Crippen molar-refractivity contribution < 1.29 is 14.3 Å². The van der Waals surface area contributed by atoms with Crippen molar-refractivity contribution in [3.63, 3.8) is 0 Å². The van der Waals surface area contributed by atoms with Gasteiger partial charge in [0, 0.05) is 5.56 Å². The van der Waals surface area contributed by atoms with E-state index in [4.69, 9.17) is 9.52 Å². The Morgan fingerprint density at radius 2 is 2.00 bits per heavy atom. The van der Waals surface area contributed by atoms with Crippen molar-refractivity contribution in [2.24, 2.45) is 0 Å². The highest BCUT2D eigenvalue weighted by atomic mass is 16.4. The van der Waals surface area contributed by atoms with Crippen LogP contribution in [0.1, 0.15) is 24.8 Å². The first-order chi connectivity index (χ1) is 8.69. The SMILES string of the molecule is CCCc1ccc(-c2nnc(CC(=O)O)o2)cc1. The van der Waals surface area contributed by atoms with Crippen molar-refractivity contribution in [2.45, 2.75) is 26.2 Å². The molecule has 0 saturated heterocycles. The molecule has 0 aliphatic carbocycles. The Morgan fingerprint density at radius 3 is 2.61 bits per heavy atom. The standard InChI is InChI=1S/C13H14N2O3/c1-2-3-9-4-6-10(7-5-9)13-15-14-11(18-13)8-12(16)17/h4-7H,2-3,8H2,1H3,(H,16,17). The van der Waals surface area contributed by atoms with E-state index < -0.39 is 5.97 Å². The van der Waals surface area contributed by atoms with E-state index in [1.165, 1.54) is 5.56 Å². The van der Waals surface area contributed by atoms with Gasteiger partial charge >= 0.3 is 5.97 Å². The molecule has 0 spiro atoms. The van der Waals surface area contributed by atoms with E-state index >= 15 is 0 Å². The van der Waals surface area contributed by atoms with Crippen molar-refractivity contribution in [3.8, 4) is 11.5 Å². The van der Waals surface area contributed by atoms with Gasteiger partial charge in [0.2, 0.25) is 11.8 Å². The molecule has 0 amide bonds. The molecule has 1 aromatic heterocycles. The Hall–Kier alpha value is -2.17. The number of carboxylic acid groups (broad SMARTS) is 1. The molecule has 5 heteroatoms. The number of rotatable bonds is 5. The maximum absolute atomic E-state index is 10.5. The molecule has 0 bridgehead atoms. The molecule has 1 aromatic carbocycles. The summed E-state index contributed by atoms with van der Waals surface area (Å²) in [6, 6.07) is 7.84. The first-order valence-electron chi connectivity index (χ1n) is 5.82. The smallest absolute Gasteiger partial charge is 0.312 e. The molecule has 0 saturated carbocycles. The van der Waals surface area contributed by atoms with Crippen molar-refractivity contribution in [2.75, 3.05) is 0 Å². The van der Waals surface area contributed by atoms with E-state index in [-0.39, 0.29) is 12.3 Å². The predicted octanol–water partition coefficient (Wildman–Crippen LogP) is 2.32.